The Balaban J connectivity index is 1.65. The van der Waals surface area contributed by atoms with E-state index in [9.17, 15) is 22.8 Å². The van der Waals surface area contributed by atoms with Crippen LogP contribution in [-0.4, -0.2) is 21.6 Å². The van der Waals surface area contributed by atoms with Crippen molar-refractivity contribution in [2.24, 2.45) is 0 Å². The smallest absolute Gasteiger partial charge is 0.326 e. The number of carbonyl (C=O) groups excluding carboxylic acids is 2. The van der Waals surface area contributed by atoms with Crippen molar-refractivity contribution >= 4 is 34.8 Å². The number of hydrogen-bond donors (Lipinski definition) is 2. The van der Waals surface area contributed by atoms with E-state index in [1.165, 1.54) is 23.0 Å². The Hall–Kier alpha value is -3.33. The molecule has 172 valence electrons. The minimum atomic E-state index is -4.49. The van der Waals surface area contributed by atoms with Crippen molar-refractivity contribution in [3.63, 3.8) is 0 Å². The fourth-order valence-corrected chi connectivity index (χ4v) is 3.60. The molecular formula is C23H20ClF3N4O2. The average molecular weight is 477 g/mol. The third-order valence-corrected chi connectivity index (χ3v) is 5.58. The van der Waals surface area contributed by atoms with E-state index < -0.39 is 17.6 Å². The third kappa shape index (κ3) is 5.03. The second kappa shape index (κ2) is 8.90. The van der Waals surface area contributed by atoms with Crippen molar-refractivity contribution < 1.29 is 22.8 Å². The van der Waals surface area contributed by atoms with Gasteiger partial charge in [-0.2, -0.15) is 18.3 Å². The summed E-state index contributed by atoms with van der Waals surface area (Å²) in [7, 11) is 0. The number of aromatic nitrogens is 2. The van der Waals surface area contributed by atoms with Crippen molar-refractivity contribution in [1.82, 2.24) is 9.78 Å². The number of hydrogen-bond acceptors (Lipinski definition) is 3. The Morgan fingerprint density at radius 1 is 1.15 bits per heavy atom. The second-order valence-corrected chi connectivity index (χ2v) is 8.14. The number of nitrogens with zero attached hydrogens (tertiary/aromatic N) is 2. The van der Waals surface area contributed by atoms with Gasteiger partial charge in [-0.25, -0.2) is 4.68 Å². The molecule has 1 aliphatic carbocycles. The van der Waals surface area contributed by atoms with Crippen LogP contribution in [0.5, 0.6) is 0 Å². The van der Waals surface area contributed by atoms with E-state index in [2.05, 4.69) is 15.7 Å². The van der Waals surface area contributed by atoms with Gasteiger partial charge in [-0.1, -0.05) is 24.6 Å². The van der Waals surface area contributed by atoms with Crippen LogP contribution in [0.15, 0.2) is 48.7 Å². The maximum atomic E-state index is 13.2. The molecule has 0 bridgehead atoms. The maximum Gasteiger partial charge on any atom is 0.416 e. The van der Waals surface area contributed by atoms with Gasteiger partial charge in [0.1, 0.15) is 0 Å². The Morgan fingerprint density at radius 2 is 1.91 bits per heavy atom. The third-order valence-electron chi connectivity index (χ3n) is 5.25. The molecule has 1 aliphatic rings. The number of carbonyl (C=O) groups is 2. The molecule has 1 heterocycles. The summed E-state index contributed by atoms with van der Waals surface area (Å²) in [5, 5.41) is 9.92. The number of anilines is 2. The molecule has 1 fully saturated rings. The van der Waals surface area contributed by atoms with Crippen LogP contribution >= 0.6 is 11.6 Å². The van der Waals surface area contributed by atoms with Crippen molar-refractivity contribution in [1.29, 1.82) is 0 Å². The maximum absolute atomic E-state index is 13.2. The summed E-state index contributed by atoms with van der Waals surface area (Å²) < 4.78 is 40.9. The van der Waals surface area contributed by atoms with Crippen LogP contribution < -0.4 is 10.6 Å². The molecule has 0 radical (unpaired) electrons. The lowest BCUT2D eigenvalue weighted by Crippen LogP contribution is -2.15. The molecule has 2 aromatic carbocycles. The van der Waals surface area contributed by atoms with Crippen LogP contribution in [0.25, 0.3) is 5.69 Å². The molecule has 0 atom stereocenters. The molecule has 1 saturated carbocycles. The van der Waals surface area contributed by atoms with Crippen LogP contribution in [0, 0.1) is 0 Å². The zero-order valence-electron chi connectivity index (χ0n) is 17.5. The van der Waals surface area contributed by atoms with E-state index in [0.717, 1.165) is 25.0 Å². The first kappa shape index (κ1) is 22.8. The van der Waals surface area contributed by atoms with Gasteiger partial charge in [0.15, 0.2) is 0 Å². The van der Waals surface area contributed by atoms with Gasteiger partial charge in [0, 0.05) is 18.0 Å². The molecule has 0 saturated heterocycles. The standard InChI is InChI=1S/C23H20ClF3N4O2/c1-2-20(32)29-15-8-9-18(24)19(11-15)30-22(33)17-12-28-31(21(17)13-6-7-13)16-5-3-4-14(10-16)23(25,26)27/h3-5,8-13H,2,6-7H2,1H3,(H,29,32)(H,30,33). The zero-order valence-corrected chi connectivity index (χ0v) is 18.3. The van der Waals surface area contributed by atoms with Gasteiger partial charge in [0.25, 0.3) is 5.91 Å². The number of nitrogens with one attached hydrogen (secondary N) is 2. The average Bonchev–Trinajstić information content (AvgIpc) is 3.52. The van der Waals surface area contributed by atoms with Gasteiger partial charge in [-0.05, 0) is 49.2 Å². The first-order chi connectivity index (χ1) is 15.7. The van der Waals surface area contributed by atoms with E-state index >= 15 is 0 Å². The fraction of sp³-hybridized carbons (Fsp3) is 0.261. The van der Waals surface area contributed by atoms with Crippen molar-refractivity contribution in [2.75, 3.05) is 10.6 Å². The van der Waals surface area contributed by atoms with Crippen molar-refractivity contribution in [3.8, 4) is 5.69 Å². The van der Waals surface area contributed by atoms with Gasteiger partial charge in [-0.3, -0.25) is 9.59 Å². The number of amides is 2. The van der Waals surface area contributed by atoms with Gasteiger partial charge in [0.2, 0.25) is 5.91 Å². The van der Waals surface area contributed by atoms with Crippen LogP contribution in [0.3, 0.4) is 0 Å². The minimum absolute atomic E-state index is 0.0217. The lowest BCUT2D eigenvalue weighted by molar-refractivity contribution is -0.137. The Labute approximate surface area is 192 Å². The molecule has 4 rings (SSSR count). The normalized spacial score (nSPS) is 13.6. The van der Waals surface area contributed by atoms with E-state index in [0.29, 0.717) is 23.5 Å². The summed E-state index contributed by atoms with van der Waals surface area (Å²) in [6.07, 6.45) is -1.23. The lowest BCUT2D eigenvalue weighted by Gasteiger charge is -2.13. The zero-order chi connectivity index (χ0) is 23.8. The highest BCUT2D eigenvalue weighted by atomic mass is 35.5. The topological polar surface area (TPSA) is 76.0 Å². The molecule has 0 aliphatic heterocycles. The minimum Gasteiger partial charge on any atom is -0.326 e. The van der Waals surface area contributed by atoms with Gasteiger partial charge < -0.3 is 10.6 Å². The van der Waals surface area contributed by atoms with E-state index in [1.807, 2.05) is 0 Å². The molecule has 2 N–H and O–H groups in total. The molecular weight excluding hydrogens is 457 g/mol. The molecule has 6 nitrogen and oxygen atoms in total. The SMILES string of the molecule is CCC(=O)Nc1ccc(Cl)c(NC(=O)c2cnn(-c3cccc(C(F)(F)F)c3)c2C2CC2)c1. The highest BCUT2D eigenvalue weighted by Gasteiger charge is 2.34. The lowest BCUT2D eigenvalue weighted by atomic mass is 10.1. The Kier molecular flexibility index (Phi) is 6.16. The molecule has 1 aromatic heterocycles. The Bertz CT molecular complexity index is 1220. The van der Waals surface area contributed by atoms with Gasteiger partial charge >= 0.3 is 6.18 Å². The number of halogens is 4. The molecule has 33 heavy (non-hydrogen) atoms. The summed E-state index contributed by atoms with van der Waals surface area (Å²) in [4.78, 5) is 24.7. The predicted molar refractivity (Wildman–Crippen MR) is 119 cm³/mol. The molecule has 0 spiro atoms. The molecule has 2 amide bonds. The van der Waals surface area contributed by atoms with Crippen LogP contribution in [0.1, 0.15) is 53.7 Å². The summed E-state index contributed by atoms with van der Waals surface area (Å²) in [6.45, 7) is 1.72. The number of rotatable bonds is 6. The summed E-state index contributed by atoms with van der Waals surface area (Å²) >= 11 is 6.22. The first-order valence-corrected chi connectivity index (χ1v) is 10.7. The van der Waals surface area contributed by atoms with Crippen LogP contribution in [0.4, 0.5) is 24.5 Å². The number of alkyl halides is 3. The summed E-state index contributed by atoms with van der Waals surface area (Å²) in [5.41, 5.74) is 1.02. The summed E-state index contributed by atoms with van der Waals surface area (Å²) in [6, 6.07) is 9.55. The quantitative estimate of drug-likeness (QED) is 0.456. The molecule has 0 unspecified atom stereocenters. The van der Waals surface area contributed by atoms with Crippen molar-refractivity contribution in [2.45, 2.75) is 38.3 Å². The Morgan fingerprint density at radius 3 is 2.58 bits per heavy atom. The molecule has 3 aromatic rings. The van der Waals surface area contributed by atoms with E-state index in [4.69, 9.17) is 11.6 Å². The summed E-state index contributed by atoms with van der Waals surface area (Å²) in [5.74, 6) is -0.655. The van der Waals surface area contributed by atoms with Gasteiger partial charge in [0.05, 0.1) is 39.4 Å². The highest BCUT2D eigenvalue weighted by molar-refractivity contribution is 6.34. The van der Waals surface area contributed by atoms with Crippen LogP contribution in [0.2, 0.25) is 5.02 Å². The fourth-order valence-electron chi connectivity index (χ4n) is 3.44. The van der Waals surface area contributed by atoms with E-state index in [1.54, 1.807) is 25.1 Å². The molecule has 10 heteroatoms. The highest BCUT2D eigenvalue weighted by Crippen LogP contribution is 2.43. The first-order valence-electron chi connectivity index (χ1n) is 10.3. The number of benzene rings is 2. The van der Waals surface area contributed by atoms with Gasteiger partial charge in [-0.15, -0.1) is 0 Å². The predicted octanol–water partition coefficient (Wildman–Crippen LogP) is 6.02. The largest absolute Gasteiger partial charge is 0.416 e. The monoisotopic (exact) mass is 476 g/mol. The van der Waals surface area contributed by atoms with Crippen LogP contribution in [-0.2, 0) is 11.0 Å². The second-order valence-electron chi connectivity index (χ2n) is 7.73. The van der Waals surface area contributed by atoms with E-state index in [-0.39, 0.29) is 28.1 Å². The van der Waals surface area contributed by atoms with Crippen molar-refractivity contribution in [3.05, 3.63) is 70.5 Å².